The lowest BCUT2D eigenvalue weighted by molar-refractivity contribution is -0.118. The molecular formula is C44H58N6O5Si-. The Balaban J connectivity index is 1.11. The summed E-state index contributed by atoms with van der Waals surface area (Å²) in [6.07, 6.45) is 5.14. The lowest BCUT2D eigenvalue weighted by atomic mass is 9.77. The highest BCUT2D eigenvalue weighted by molar-refractivity contribution is 6.76. The molecule has 4 atom stereocenters. The number of nitrogens with one attached hydrogen (secondary N) is 2. The maximum atomic E-state index is 14.4. The molecule has 2 amide bonds. The number of hydrogen-bond donors (Lipinski definition) is 2. The molecule has 4 heterocycles. The maximum Gasteiger partial charge on any atom is 0.408 e. The van der Waals surface area contributed by atoms with Crippen molar-refractivity contribution in [2.75, 3.05) is 30.0 Å². The molecule has 2 N–H and O–H groups in total. The zero-order valence-corrected chi connectivity index (χ0v) is 35.3. The summed E-state index contributed by atoms with van der Waals surface area (Å²) in [5, 5.41) is 10.9. The van der Waals surface area contributed by atoms with Gasteiger partial charge in [0.2, 0.25) is 5.91 Å². The van der Waals surface area contributed by atoms with E-state index in [4.69, 9.17) is 24.3 Å². The number of nitrogens with zero attached hydrogens (tertiary/aromatic N) is 4. The van der Waals surface area contributed by atoms with Crippen LogP contribution in [0.4, 0.5) is 16.3 Å². The van der Waals surface area contributed by atoms with Gasteiger partial charge in [-0.15, -0.1) is 14.1 Å². The van der Waals surface area contributed by atoms with Crippen LogP contribution in [0.1, 0.15) is 68.5 Å². The van der Waals surface area contributed by atoms with Crippen molar-refractivity contribution in [3.63, 3.8) is 0 Å². The quantitative estimate of drug-likeness (QED) is 0.109. The topological polar surface area (TPSA) is 120 Å². The Bertz CT molecular complexity index is 2050. The van der Waals surface area contributed by atoms with Crippen LogP contribution in [0.5, 0.6) is 0 Å². The number of hydrogen-bond acceptors (Lipinski definition) is 8. The number of benzene rings is 2. The maximum absolute atomic E-state index is 14.4. The highest BCUT2D eigenvalue weighted by Gasteiger charge is 2.40. The lowest BCUT2D eigenvalue weighted by Crippen LogP contribution is -2.49. The summed E-state index contributed by atoms with van der Waals surface area (Å²) < 4.78 is 19.4. The van der Waals surface area contributed by atoms with Gasteiger partial charge in [0.15, 0.2) is 0 Å². The Morgan fingerprint density at radius 2 is 1.77 bits per heavy atom. The molecule has 2 saturated heterocycles. The van der Waals surface area contributed by atoms with Crippen molar-refractivity contribution in [1.82, 2.24) is 20.1 Å². The van der Waals surface area contributed by atoms with Gasteiger partial charge in [0.1, 0.15) is 24.2 Å². The monoisotopic (exact) mass is 778 g/mol. The number of fused-ring (bicyclic) bond motifs is 3. The van der Waals surface area contributed by atoms with Crippen LogP contribution >= 0.6 is 0 Å². The second kappa shape index (κ2) is 16.1. The fourth-order valence-electron chi connectivity index (χ4n) is 8.29. The second-order valence-corrected chi connectivity index (χ2v) is 23.5. The number of aryl methyl sites for hydroxylation is 2. The number of ether oxygens (including phenoxy) is 3. The molecule has 0 saturated carbocycles. The van der Waals surface area contributed by atoms with Gasteiger partial charge in [0.05, 0.1) is 24.4 Å². The predicted molar refractivity (Wildman–Crippen MR) is 224 cm³/mol. The third-order valence-electron chi connectivity index (χ3n) is 11.2. The van der Waals surface area contributed by atoms with Crippen LogP contribution in [0.3, 0.4) is 0 Å². The molecule has 4 aromatic rings. The van der Waals surface area contributed by atoms with Gasteiger partial charge in [0.25, 0.3) is 0 Å². The van der Waals surface area contributed by atoms with E-state index in [0.717, 1.165) is 96.5 Å². The fraction of sp³-hybridized carbons (Fsp3) is 0.500. The van der Waals surface area contributed by atoms with Gasteiger partial charge in [0, 0.05) is 42.2 Å². The smallest absolute Gasteiger partial charge is 0.408 e. The summed E-state index contributed by atoms with van der Waals surface area (Å²) >= 11 is 0. The Morgan fingerprint density at radius 3 is 2.46 bits per heavy atom. The minimum atomic E-state index is -1.18. The average Bonchev–Trinajstić information content (AvgIpc) is 3.86. The van der Waals surface area contributed by atoms with Gasteiger partial charge in [-0.3, -0.25) is 4.79 Å². The molecule has 2 aromatic heterocycles. The van der Waals surface area contributed by atoms with Crippen LogP contribution in [-0.2, 0) is 32.2 Å². The molecule has 1 unspecified atom stereocenters. The first-order valence-corrected chi connectivity index (χ1v) is 23.8. The number of amides is 2. The van der Waals surface area contributed by atoms with E-state index in [1.807, 2.05) is 68.9 Å². The highest BCUT2D eigenvalue weighted by Crippen LogP contribution is 2.39. The molecule has 0 radical (unpaired) electrons. The summed E-state index contributed by atoms with van der Waals surface area (Å²) in [5.74, 6) is 0.408. The zero-order valence-electron chi connectivity index (χ0n) is 34.3. The van der Waals surface area contributed by atoms with E-state index in [9.17, 15) is 9.59 Å². The van der Waals surface area contributed by atoms with Crippen molar-refractivity contribution in [3.8, 4) is 22.3 Å². The number of carbonyl (C=O) groups excluding carboxylic acids is 2. The number of alkyl carbamates (subject to hydrolysis) is 1. The van der Waals surface area contributed by atoms with E-state index < -0.39 is 25.8 Å². The van der Waals surface area contributed by atoms with Crippen LogP contribution in [0.15, 0.2) is 60.8 Å². The molecule has 56 heavy (non-hydrogen) atoms. The van der Waals surface area contributed by atoms with Crippen molar-refractivity contribution in [2.45, 2.75) is 122 Å². The number of carbonyl (C=O) groups is 2. The molecule has 2 fully saturated rings. The van der Waals surface area contributed by atoms with E-state index >= 15 is 0 Å². The summed E-state index contributed by atoms with van der Waals surface area (Å²) in [5.41, 5.74) is 8.32. The lowest BCUT2D eigenvalue weighted by Gasteiger charge is -2.33. The molecular weight excluding hydrogens is 721 g/mol. The Kier molecular flexibility index (Phi) is 11.4. The van der Waals surface area contributed by atoms with E-state index in [1.54, 1.807) is 0 Å². The molecule has 0 spiro atoms. The summed E-state index contributed by atoms with van der Waals surface area (Å²) in [6.45, 7) is 19.3. The number of morpholine rings is 1. The fourth-order valence-corrected chi connectivity index (χ4v) is 9.05. The number of pyridine rings is 1. The van der Waals surface area contributed by atoms with Gasteiger partial charge in [-0.2, -0.15) is 24.7 Å². The SMILES string of the molecule is Cc1nn(COCC[Si-](C)(C)C)c(C)c1-c1ccc(NC(=O)[C@@H](NC(=O)OC(C)(C)C)C2CCCc3ccc(-c4ccnc(N5C[C@H]6C[C@@H]5CO6)c4)cc32)cc1. The Labute approximate surface area is 332 Å². The minimum Gasteiger partial charge on any atom is -0.444 e. The van der Waals surface area contributed by atoms with Crippen molar-refractivity contribution in [1.29, 1.82) is 0 Å². The molecule has 7 rings (SSSR count). The van der Waals surface area contributed by atoms with Crippen LogP contribution in [0.25, 0.3) is 22.3 Å². The summed E-state index contributed by atoms with van der Waals surface area (Å²) in [4.78, 5) is 34.8. The van der Waals surface area contributed by atoms with Crippen molar-refractivity contribution in [2.24, 2.45) is 0 Å². The van der Waals surface area contributed by atoms with Crippen LogP contribution in [0, 0.1) is 13.8 Å². The van der Waals surface area contributed by atoms with Gasteiger partial charge in [-0.1, -0.05) is 30.3 Å². The Hall–Kier alpha value is -4.52. The standard InChI is InChI=1S/C44H58N6O5Si/c1-28-40(29(2)50(48-28)27-53-20-21-56(6,7)8)31-14-16-34(17-15-31)46-42(51)41(47-43(52)55-44(3,4)5)37-11-9-10-30-12-13-32(22-38(30)37)33-18-19-45-39(23-33)49-25-36-24-35(49)26-54-36/h12-19,22-23,35-37,41H,9-11,20-21,24-27H2,1-8H3,(H,46,51)(H,47,52)/q-1/t35-,36-,37?,41+/m1/s1. The third-order valence-corrected chi connectivity index (χ3v) is 12.9. The molecule has 12 heteroatoms. The molecule has 3 aliphatic rings. The number of rotatable bonds is 12. The van der Waals surface area contributed by atoms with E-state index in [1.165, 1.54) is 5.56 Å². The van der Waals surface area contributed by atoms with Gasteiger partial charge < -0.3 is 29.7 Å². The highest BCUT2D eigenvalue weighted by atomic mass is 28.3. The molecule has 11 nitrogen and oxygen atoms in total. The van der Waals surface area contributed by atoms with Gasteiger partial charge in [-0.05, 0) is 112 Å². The average molecular weight is 779 g/mol. The van der Waals surface area contributed by atoms with Gasteiger partial charge >= 0.3 is 6.09 Å². The number of anilines is 2. The molecule has 1 aliphatic carbocycles. The first kappa shape index (κ1) is 39.7. The normalized spacial score (nSPS) is 19.8. The van der Waals surface area contributed by atoms with Crippen LogP contribution < -0.4 is 15.5 Å². The first-order valence-electron chi connectivity index (χ1n) is 20.1. The molecule has 2 aromatic carbocycles. The van der Waals surface area contributed by atoms with Crippen molar-refractivity contribution >= 4 is 31.6 Å². The summed E-state index contributed by atoms with van der Waals surface area (Å²) in [7, 11) is -1.18. The molecule has 299 valence electrons. The third kappa shape index (κ3) is 9.19. The zero-order chi connectivity index (χ0) is 39.8. The predicted octanol–water partition coefficient (Wildman–Crippen LogP) is 8.47. The molecule has 2 aliphatic heterocycles. The van der Waals surface area contributed by atoms with E-state index in [0.29, 0.717) is 18.5 Å². The van der Waals surface area contributed by atoms with Gasteiger partial charge in [-0.25, -0.2) is 14.5 Å². The summed E-state index contributed by atoms with van der Waals surface area (Å²) in [6, 6.07) is 19.2. The largest absolute Gasteiger partial charge is 0.444 e. The van der Waals surface area contributed by atoms with Crippen molar-refractivity contribution < 1.29 is 23.8 Å². The first-order chi connectivity index (χ1) is 26.6. The van der Waals surface area contributed by atoms with E-state index in [2.05, 4.69) is 66.4 Å². The Morgan fingerprint density at radius 1 is 1.02 bits per heavy atom. The molecule has 2 bridgehead atoms. The van der Waals surface area contributed by atoms with Crippen molar-refractivity contribution in [3.05, 3.63) is 83.3 Å². The minimum absolute atomic E-state index is 0.262. The van der Waals surface area contributed by atoms with E-state index in [-0.39, 0.29) is 17.9 Å². The van der Waals surface area contributed by atoms with Crippen LogP contribution in [0.2, 0.25) is 25.7 Å². The second-order valence-electron chi connectivity index (χ2n) is 17.9. The number of aromatic nitrogens is 3. The van der Waals surface area contributed by atoms with Crippen LogP contribution in [-0.4, -0.2) is 78.4 Å².